The zero-order chi connectivity index (χ0) is 17.5. The molecule has 1 fully saturated rings. The van der Waals surface area contributed by atoms with E-state index in [1.807, 2.05) is 6.92 Å². The van der Waals surface area contributed by atoms with Crippen molar-refractivity contribution in [3.8, 4) is 0 Å². The van der Waals surface area contributed by atoms with E-state index >= 15 is 0 Å². The number of carbonyl (C=O) groups excluding carboxylic acids is 1. The van der Waals surface area contributed by atoms with Crippen molar-refractivity contribution in [2.45, 2.75) is 32.2 Å². The predicted octanol–water partition coefficient (Wildman–Crippen LogP) is 1.68. The maximum atomic E-state index is 13.6. The van der Waals surface area contributed by atoms with Crippen molar-refractivity contribution in [1.29, 1.82) is 0 Å². The van der Waals surface area contributed by atoms with Crippen LogP contribution in [0.4, 0.5) is 8.78 Å². The summed E-state index contributed by atoms with van der Waals surface area (Å²) in [6, 6.07) is 3.73. The van der Waals surface area contributed by atoms with E-state index in [4.69, 9.17) is 0 Å². The molecule has 7 heteroatoms. The van der Waals surface area contributed by atoms with Gasteiger partial charge in [-0.1, -0.05) is 6.07 Å². The molecule has 0 spiro atoms. The number of halogens is 2. The highest BCUT2D eigenvalue weighted by Crippen LogP contribution is 2.11. The number of likely N-dealkylation sites (N-methyl/N-ethyl adjacent to an activating group) is 1. The van der Waals surface area contributed by atoms with Crippen LogP contribution < -0.4 is 10.6 Å². The van der Waals surface area contributed by atoms with E-state index in [1.165, 1.54) is 12.1 Å². The van der Waals surface area contributed by atoms with Crippen molar-refractivity contribution in [2.24, 2.45) is 4.99 Å². The Hall–Kier alpha value is -2.18. The molecular weight excluding hydrogens is 314 g/mol. The molecule has 2 rings (SSSR count). The third-order valence-corrected chi connectivity index (χ3v) is 3.98. The SMILES string of the molecule is CCNC(=NCCc1ccc(F)cc1F)NC1CCC(=O)N(C)C1. The standard InChI is InChI=1S/C17H24F2N4O/c1-3-20-17(22-14-6-7-16(24)23(2)11-14)21-9-8-12-4-5-13(18)10-15(12)19/h4-5,10,14H,3,6-9,11H2,1-2H3,(H2,20,21,22). The lowest BCUT2D eigenvalue weighted by Gasteiger charge is -2.31. The fraction of sp³-hybridized carbons (Fsp3) is 0.529. The first kappa shape index (κ1) is 18.2. The molecule has 1 amide bonds. The molecule has 0 aliphatic carbocycles. The molecule has 1 aliphatic heterocycles. The number of amides is 1. The summed E-state index contributed by atoms with van der Waals surface area (Å²) in [6.07, 6.45) is 1.68. The first-order valence-corrected chi connectivity index (χ1v) is 8.22. The Morgan fingerprint density at radius 2 is 2.21 bits per heavy atom. The van der Waals surface area contributed by atoms with Crippen LogP contribution in [-0.4, -0.2) is 49.5 Å². The van der Waals surface area contributed by atoms with Crippen LogP contribution in [0.2, 0.25) is 0 Å². The van der Waals surface area contributed by atoms with Crippen LogP contribution in [0.15, 0.2) is 23.2 Å². The van der Waals surface area contributed by atoms with Gasteiger partial charge in [0.1, 0.15) is 11.6 Å². The Kier molecular flexibility index (Phi) is 6.52. The number of hydrogen-bond donors (Lipinski definition) is 2. The summed E-state index contributed by atoms with van der Waals surface area (Å²) >= 11 is 0. The average molecular weight is 338 g/mol. The Morgan fingerprint density at radius 1 is 1.42 bits per heavy atom. The molecule has 1 atom stereocenters. The number of piperidine rings is 1. The van der Waals surface area contributed by atoms with Gasteiger partial charge in [-0.05, 0) is 31.4 Å². The van der Waals surface area contributed by atoms with E-state index in [-0.39, 0.29) is 11.9 Å². The Labute approximate surface area is 141 Å². The Bertz CT molecular complexity index is 606. The summed E-state index contributed by atoms with van der Waals surface area (Å²) in [7, 11) is 1.79. The van der Waals surface area contributed by atoms with Crippen LogP contribution in [0.25, 0.3) is 0 Å². The van der Waals surface area contributed by atoms with E-state index in [9.17, 15) is 13.6 Å². The summed E-state index contributed by atoms with van der Waals surface area (Å²) < 4.78 is 26.5. The summed E-state index contributed by atoms with van der Waals surface area (Å²) in [5.41, 5.74) is 0.444. The van der Waals surface area contributed by atoms with Crippen molar-refractivity contribution in [2.75, 3.05) is 26.7 Å². The lowest BCUT2D eigenvalue weighted by atomic mass is 10.1. The van der Waals surface area contributed by atoms with E-state index in [0.717, 1.165) is 12.5 Å². The van der Waals surface area contributed by atoms with Gasteiger partial charge >= 0.3 is 0 Å². The first-order chi connectivity index (χ1) is 11.5. The molecule has 0 aromatic heterocycles. The van der Waals surface area contributed by atoms with Crippen molar-refractivity contribution in [3.05, 3.63) is 35.4 Å². The van der Waals surface area contributed by atoms with E-state index < -0.39 is 11.6 Å². The Morgan fingerprint density at radius 3 is 2.88 bits per heavy atom. The number of benzene rings is 1. The summed E-state index contributed by atoms with van der Waals surface area (Å²) in [6.45, 7) is 3.70. The molecule has 1 aliphatic rings. The molecule has 24 heavy (non-hydrogen) atoms. The number of nitrogens with one attached hydrogen (secondary N) is 2. The van der Waals surface area contributed by atoms with E-state index in [1.54, 1.807) is 11.9 Å². The number of likely N-dealkylation sites (tertiary alicyclic amines) is 1. The fourth-order valence-corrected chi connectivity index (χ4v) is 2.66. The normalized spacial score (nSPS) is 18.7. The molecule has 1 aromatic carbocycles. The molecule has 2 N–H and O–H groups in total. The zero-order valence-corrected chi connectivity index (χ0v) is 14.1. The smallest absolute Gasteiger partial charge is 0.222 e. The maximum absolute atomic E-state index is 13.6. The van der Waals surface area contributed by atoms with Gasteiger partial charge in [-0.15, -0.1) is 0 Å². The molecule has 5 nitrogen and oxygen atoms in total. The molecule has 0 bridgehead atoms. The predicted molar refractivity (Wildman–Crippen MR) is 89.8 cm³/mol. The Balaban J connectivity index is 1.91. The monoisotopic (exact) mass is 338 g/mol. The minimum absolute atomic E-state index is 0.146. The summed E-state index contributed by atoms with van der Waals surface area (Å²) in [5.74, 6) is -0.323. The third-order valence-electron chi connectivity index (χ3n) is 3.98. The number of carbonyl (C=O) groups is 1. The largest absolute Gasteiger partial charge is 0.357 e. The van der Waals surface area contributed by atoms with E-state index in [0.29, 0.717) is 44.0 Å². The lowest BCUT2D eigenvalue weighted by Crippen LogP contribution is -2.51. The highest BCUT2D eigenvalue weighted by molar-refractivity contribution is 5.81. The second-order valence-corrected chi connectivity index (χ2v) is 5.90. The first-order valence-electron chi connectivity index (χ1n) is 8.22. The van der Waals surface area contributed by atoms with E-state index in [2.05, 4.69) is 15.6 Å². The van der Waals surface area contributed by atoms with Gasteiger partial charge in [-0.2, -0.15) is 0 Å². The summed E-state index contributed by atoms with van der Waals surface area (Å²) in [4.78, 5) is 17.7. The topological polar surface area (TPSA) is 56.7 Å². The van der Waals surface area contributed by atoms with Gasteiger partial charge in [0.2, 0.25) is 5.91 Å². The number of rotatable bonds is 5. The third kappa shape index (κ3) is 5.18. The van der Waals surface area contributed by atoms with Crippen LogP contribution in [0.1, 0.15) is 25.3 Å². The molecular formula is C17H24F2N4O. The summed E-state index contributed by atoms with van der Waals surface area (Å²) in [5, 5.41) is 6.46. The van der Waals surface area contributed by atoms with Crippen LogP contribution in [0, 0.1) is 11.6 Å². The van der Waals surface area contributed by atoms with Gasteiger partial charge in [0.15, 0.2) is 5.96 Å². The highest BCUT2D eigenvalue weighted by Gasteiger charge is 2.23. The van der Waals surface area contributed by atoms with Gasteiger partial charge in [0, 0.05) is 45.2 Å². The average Bonchev–Trinajstić information content (AvgIpc) is 2.53. The number of guanidine groups is 1. The molecule has 0 radical (unpaired) electrons. The minimum Gasteiger partial charge on any atom is -0.357 e. The highest BCUT2D eigenvalue weighted by atomic mass is 19.1. The molecule has 1 aromatic rings. The van der Waals surface area contributed by atoms with Gasteiger partial charge in [-0.25, -0.2) is 8.78 Å². The number of aliphatic imine (C=N–C) groups is 1. The van der Waals surface area contributed by atoms with Crippen LogP contribution >= 0.6 is 0 Å². The molecule has 132 valence electrons. The number of hydrogen-bond acceptors (Lipinski definition) is 2. The van der Waals surface area contributed by atoms with Crippen LogP contribution in [-0.2, 0) is 11.2 Å². The van der Waals surface area contributed by atoms with Crippen molar-refractivity contribution >= 4 is 11.9 Å². The van der Waals surface area contributed by atoms with Gasteiger partial charge in [0.05, 0.1) is 0 Å². The fourth-order valence-electron chi connectivity index (χ4n) is 2.66. The second-order valence-electron chi connectivity index (χ2n) is 5.90. The molecule has 1 heterocycles. The van der Waals surface area contributed by atoms with Crippen molar-refractivity contribution in [1.82, 2.24) is 15.5 Å². The van der Waals surface area contributed by atoms with Crippen LogP contribution in [0.3, 0.4) is 0 Å². The van der Waals surface area contributed by atoms with Gasteiger partial charge in [-0.3, -0.25) is 9.79 Å². The number of nitrogens with zero attached hydrogens (tertiary/aromatic N) is 2. The minimum atomic E-state index is -0.578. The lowest BCUT2D eigenvalue weighted by molar-refractivity contribution is -0.132. The second kappa shape index (κ2) is 8.61. The quantitative estimate of drug-likeness (QED) is 0.634. The molecule has 1 unspecified atom stereocenters. The van der Waals surface area contributed by atoms with Crippen molar-refractivity contribution < 1.29 is 13.6 Å². The van der Waals surface area contributed by atoms with Crippen molar-refractivity contribution in [3.63, 3.8) is 0 Å². The zero-order valence-electron chi connectivity index (χ0n) is 14.1. The maximum Gasteiger partial charge on any atom is 0.222 e. The van der Waals surface area contributed by atoms with Crippen LogP contribution in [0.5, 0.6) is 0 Å². The molecule has 0 saturated carbocycles. The van der Waals surface area contributed by atoms with Gasteiger partial charge in [0.25, 0.3) is 0 Å². The van der Waals surface area contributed by atoms with Gasteiger partial charge < -0.3 is 15.5 Å². The molecule has 1 saturated heterocycles.